The SMILES string of the molecule is COCCn1c(C(=O)Nc2ccc3c(c2)C(=O)N2CCCC2C(=O)N3)cc2ccccc21. The van der Waals surface area contributed by atoms with Crippen molar-refractivity contribution in [2.24, 2.45) is 0 Å². The van der Waals surface area contributed by atoms with Gasteiger partial charge in [-0.05, 0) is 43.2 Å². The molecule has 0 spiro atoms. The van der Waals surface area contributed by atoms with Crippen molar-refractivity contribution in [3.05, 3.63) is 59.8 Å². The van der Waals surface area contributed by atoms with Gasteiger partial charge in [0.2, 0.25) is 5.91 Å². The maximum Gasteiger partial charge on any atom is 0.272 e. The van der Waals surface area contributed by atoms with Crippen LogP contribution in [-0.4, -0.2) is 53.5 Å². The number of amides is 3. The number of nitrogens with zero attached hydrogens (tertiary/aromatic N) is 2. The lowest BCUT2D eigenvalue weighted by molar-refractivity contribution is -0.119. The smallest absolute Gasteiger partial charge is 0.272 e. The predicted octanol–water partition coefficient (Wildman–Crippen LogP) is 3.10. The number of hydrogen-bond donors (Lipinski definition) is 2. The second-order valence-electron chi connectivity index (χ2n) is 8.09. The number of para-hydroxylation sites is 1. The summed E-state index contributed by atoms with van der Waals surface area (Å²) < 4.78 is 7.15. The van der Waals surface area contributed by atoms with Gasteiger partial charge in [0.15, 0.2) is 0 Å². The summed E-state index contributed by atoms with van der Waals surface area (Å²) in [6.07, 6.45) is 1.47. The van der Waals surface area contributed by atoms with Gasteiger partial charge < -0.3 is 24.8 Å². The van der Waals surface area contributed by atoms with Crippen molar-refractivity contribution < 1.29 is 19.1 Å². The second kappa shape index (κ2) is 8.12. The average Bonchev–Trinajstić information content (AvgIpc) is 3.41. The Labute approximate surface area is 185 Å². The zero-order valence-corrected chi connectivity index (χ0v) is 17.8. The molecule has 1 unspecified atom stereocenters. The van der Waals surface area contributed by atoms with E-state index >= 15 is 0 Å². The lowest BCUT2D eigenvalue weighted by atomic mass is 10.1. The Morgan fingerprint density at radius 1 is 1.19 bits per heavy atom. The summed E-state index contributed by atoms with van der Waals surface area (Å²) >= 11 is 0. The summed E-state index contributed by atoms with van der Waals surface area (Å²) in [5.74, 6) is -0.624. The molecule has 5 rings (SSSR count). The van der Waals surface area contributed by atoms with Crippen molar-refractivity contribution in [1.29, 1.82) is 0 Å². The third kappa shape index (κ3) is 3.42. The molecule has 3 amide bonds. The topological polar surface area (TPSA) is 92.7 Å². The Balaban J connectivity index is 1.46. The van der Waals surface area contributed by atoms with E-state index in [-0.39, 0.29) is 17.7 Å². The first-order valence-electron chi connectivity index (χ1n) is 10.7. The summed E-state index contributed by atoms with van der Waals surface area (Å²) in [5.41, 5.74) is 2.83. The van der Waals surface area contributed by atoms with Gasteiger partial charge in [0.1, 0.15) is 11.7 Å². The lowest BCUT2D eigenvalue weighted by Crippen LogP contribution is -2.40. The van der Waals surface area contributed by atoms with Crippen LogP contribution in [0.4, 0.5) is 11.4 Å². The Morgan fingerprint density at radius 2 is 2.03 bits per heavy atom. The molecule has 1 aromatic heterocycles. The van der Waals surface area contributed by atoms with Crippen molar-refractivity contribution in [3.8, 4) is 0 Å². The fourth-order valence-corrected chi connectivity index (χ4v) is 4.58. The fourth-order valence-electron chi connectivity index (χ4n) is 4.58. The normalized spacial score (nSPS) is 17.7. The van der Waals surface area contributed by atoms with Gasteiger partial charge in [0.25, 0.3) is 11.8 Å². The molecular formula is C24H24N4O4. The molecular weight excluding hydrogens is 408 g/mol. The number of hydrogen-bond acceptors (Lipinski definition) is 4. The van der Waals surface area contributed by atoms with E-state index in [1.54, 1.807) is 30.2 Å². The first kappa shape index (κ1) is 20.3. The number of rotatable bonds is 5. The Kier molecular flexibility index (Phi) is 5.14. The molecule has 2 N–H and O–H groups in total. The predicted molar refractivity (Wildman–Crippen MR) is 121 cm³/mol. The number of carbonyl (C=O) groups excluding carboxylic acids is 3. The highest BCUT2D eigenvalue weighted by Crippen LogP contribution is 2.31. The highest BCUT2D eigenvalue weighted by molar-refractivity contribution is 6.12. The van der Waals surface area contributed by atoms with Crippen LogP contribution in [-0.2, 0) is 16.1 Å². The van der Waals surface area contributed by atoms with Crippen LogP contribution in [0, 0.1) is 0 Å². The molecule has 0 saturated carbocycles. The highest BCUT2D eigenvalue weighted by atomic mass is 16.5. The van der Waals surface area contributed by atoms with Gasteiger partial charge in [-0.1, -0.05) is 18.2 Å². The van der Waals surface area contributed by atoms with Crippen LogP contribution in [0.15, 0.2) is 48.5 Å². The van der Waals surface area contributed by atoms with Gasteiger partial charge in [-0.15, -0.1) is 0 Å². The van der Waals surface area contributed by atoms with Gasteiger partial charge in [0.05, 0.1) is 17.9 Å². The number of benzene rings is 2. The molecule has 8 heteroatoms. The van der Waals surface area contributed by atoms with Gasteiger partial charge in [-0.25, -0.2) is 0 Å². The number of anilines is 2. The largest absolute Gasteiger partial charge is 0.383 e. The lowest BCUT2D eigenvalue weighted by Gasteiger charge is -2.20. The van der Waals surface area contributed by atoms with Crippen LogP contribution in [0.5, 0.6) is 0 Å². The molecule has 8 nitrogen and oxygen atoms in total. The van der Waals surface area contributed by atoms with Crippen LogP contribution in [0.1, 0.15) is 33.7 Å². The Morgan fingerprint density at radius 3 is 2.88 bits per heavy atom. The minimum atomic E-state index is -0.426. The van der Waals surface area contributed by atoms with Gasteiger partial charge in [-0.2, -0.15) is 0 Å². The van der Waals surface area contributed by atoms with Crippen molar-refractivity contribution in [2.45, 2.75) is 25.4 Å². The Hall–Kier alpha value is -3.65. The molecule has 164 valence electrons. The van der Waals surface area contributed by atoms with E-state index in [9.17, 15) is 14.4 Å². The van der Waals surface area contributed by atoms with E-state index < -0.39 is 6.04 Å². The van der Waals surface area contributed by atoms with Crippen molar-refractivity contribution in [1.82, 2.24) is 9.47 Å². The number of fused-ring (bicyclic) bond motifs is 3. The van der Waals surface area contributed by atoms with Crippen LogP contribution in [0.2, 0.25) is 0 Å². The average molecular weight is 432 g/mol. The highest BCUT2D eigenvalue weighted by Gasteiger charge is 2.38. The molecule has 3 heterocycles. The summed E-state index contributed by atoms with van der Waals surface area (Å²) in [6, 6.07) is 14.2. The van der Waals surface area contributed by atoms with Crippen LogP contribution >= 0.6 is 0 Å². The van der Waals surface area contributed by atoms with Gasteiger partial charge >= 0.3 is 0 Å². The maximum atomic E-state index is 13.2. The van der Waals surface area contributed by atoms with E-state index in [1.807, 2.05) is 34.9 Å². The van der Waals surface area contributed by atoms with E-state index in [0.717, 1.165) is 17.3 Å². The number of nitrogens with one attached hydrogen (secondary N) is 2. The standard InChI is InChI=1S/C24H24N4O4/c1-32-12-11-27-19-6-3-2-5-15(19)13-21(27)23(30)25-16-8-9-18-17(14-16)24(31)28-10-4-7-20(28)22(29)26-18/h2-3,5-6,8-9,13-14,20H,4,7,10-12H2,1H3,(H,25,30)(H,26,29). The van der Waals surface area contributed by atoms with Gasteiger partial charge in [0, 0.05) is 36.8 Å². The quantitative estimate of drug-likeness (QED) is 0.648. The van der Waals surface area contributed by atoms with Crippen LogP contribution in [0.25, 0.3) is 10.9 Å². The van der Waals surface area contributed by atoms with Crippen LogP contribution < -0.4 is 10.6 Å². The number of carbonyl (C=O) groups is 3. The summed E-state index contributed by atoms with van der Waals surface area (Å²) in [4.78, 5) is 40.3. The third-order valence-corrected chi connectivity index (χ3v) is 6.14. The zero-order chi connectivity index (χ0) is 22.2. The van der Waals surface area contributed by atoms with Crippen molar-refractivity contribution >= 4 is 40.0 Å². The van der Waals surface area contributed by atoms with E-state index in [1.165, 1.54) is 0 Å². The first-order valence-corrected chi connectivity index (χ1v) is 10.7. The Bertz CT molecular complexity index is 1230. The monoisotopic (exact) mass is 432 g/mol. The molecule has 3 aromatic rings. The molecule has 2 aromatic carbocycles. The third-order valence-electron chi connectivity index (χ3n) is 6.14. The number of ether oxygens (including phenoxy) is 1. The fraction of sp³-hybridized carbons (Fsp3) is 0.292. The molecule has 1 atom stereocenters. The number of aromatic nitrogens is 1. The molecule has 0 aliphatic carbocycles. The van der Waals surface area contributed by atoms with Crippen molar-refractivity contribution in [2.75, 3.05) is 30.9 Å². The number of methoxy groups -OCH3 is 1. The van der Waals surface area contributed by atoms with Crippen molar-refractivity contribution in [3.63, 3.8) is 0 Å². The molecule has 2 aliphatic rings. The first-order chi connectivity index (χ1) is 15.6. The summed E-state index contributed by atoms with van der Waals surface area (Å²) in [5, 5.41) is 6.73. The second-order valence-corrected chi connectivity index (χ2v) is 8.09. The zero-order valence-electron chi connectivity index (χ0n) is 17.8. The molecule has 0 radical (unpaired) electrons. The summed E-state index contributed by atoms with van der Waals surface area (Å²) in [6.45, 7) is 1.58. The van der Waals surface area contributed by atoms with E-state index in [4.69, 9.17) is 4.74 Å². The molecule has 1 saturated heterocycles. The summed E-state index contributed by atoms with van der Waals surface area (Å²) in [7, 11) is 1.63. The van der Waals surface area contributed by atoms with E-state index in [0.29, 0.717) is 48.7 Å². The van der Waals surface area contributed by atoms with E-state index in [2.05, 4.69) is 10.6 Å². The molecule has 2 aliphatic heterocycles. The maximum absolute atomic E-state index is 13.2. The minimum Gasteiger partial charge on any atom is -0.383 e. The molecule has 0 bridgehead atoms. The van der Waals surface area contributed by atoms with Crippen LogP contribution in [0.3, 0.4) is 0 Å². The van der Waals surface area contributed by atoms with Gasteiger partial charge in [-0.3, -0.25) is 14.4 Å². The molecule has 1 fully saturated rings. The minimum absolute atomic E-state index is 0.158. The molecule has 32 heavy (non-hydrogen) atoms.